The normalized spacial score (nSPS) is 9.36. The molecule has 0 unspecified atom stereocenters. The molecule has 64 valence electrons. The van der Waals surface area contributed by atoms with E-state index >= 15 is 0 Å². The number of hydrogen-bond acceptors (Lipinski definition) is 1. The van der Waals surface area contributed by atoms with Crippen molar-refractivity contribution in [3.63, 3.8) is 0 Å². The molecule has 2 nitrogen and oxygen atoms in total. The average Bonchev–Trinajstić information content (AvgIpc) is 1.79. The maximum absolute atomic E-state index is 10.0. The molecular weight excluding hydrogens is 152 g/mol. The number of carbonyl (C=O) groups is 1. The Morgan fingerprint density at radius 3 is 2.36 bits per heavy atom. The molecule has 11 heavy (non-hydrogen) atoms. The van der Waals surface area contributed by atoms with Crippen LogP contribution in [0.15, 0.2) is 0 Å². The molecule has 0 aromatic carbocycles. The third-order valence-corrected chi connectivity index (χ3v) is 1.42. The molecule has 0 aromatic rings. The summed E-state index contributed by atoms with van der Waals surface area (Å²) in [6.07, 6.45) is 3.34. The molecule has 0 heterocycles. The summed E-state index contributed by atoms with van der Waals surface area (Å²) in [6, 6.07) is 0. The van der Waals surface area contributed by atoms with E-state index in [0.29, 0.717) is 12.3 Å². The number of rotatable bonds is 5. The third kappa shape index (κ3) is 13.3. The van der Waals surface area contributed by atoms with Gasteiger partial charge in [0.2, 0.25) is 0 Å². The molecule has 0 bridgehead atoms. The van der Waals surface area contributed by atoms with Crippen LogP contribution in [0.4, 0.5) is 0 Å². The van der Waals surface area contributed by atoms with E-state index in [1.807, 2.05) is 0 Å². The predicted octanol–water partition coefficient (Wildman–Crippen LogP) is 2.13. The number of hydrogen-bond donors (Lipinski definition) is 1. The summed E-state index contributed by atoms with van der Waals surface area (Å²) in [5.74, 6) is 0.0255. The minimum absolute atomic E-state index is 0. The smallest absolute Gasteiger partial charge is 1.00 e. The maximum Gasteiger partial charge on any atom is 2.00 e. The van der Waals surface area contributed by atoms with Gasteiger partial charge in [-0.05, 0) is 12.3 Å². The Morgan fingerprint density at radius 2 is 2.00 bits per heavy atom. The van der Waals surface area contributed by atoms with Crippen molar-refractivity contribution in [1.29, 1.82) is 0 Å². The molecule has 0 aliphatic carbocycles. The first-order valence-corrected chi connectivity index (χ1v) is 3.84. The van der Waals surface area contributed by atoms with Crippen LogP contribution in [0.25, 0.3) is 0 Å². The number of unbranched alkanes of at least 4 members (excludes halogenated alkanes) is 1. The molecule has 1 N–H and O–H groups in total. The van der Waals surface area contributed by atoms with E-state index < -0.39 is 5.97 Å². The van der Waals surface area contributed by atoms with Crippen molar-refractivity contribution in [2.45, 2.75) is 39.5 Å². The monoisotopic (exact) mass is 170 g/mol. The van der Waals surface area contributed by atoms with E-state index in [0.717, 1.165) is 19.3 Å². The Labute approximate surface area is 87.5 Å². The molecule has 0 aliphatic heterocycles. The summed E-state index contributed by atoms with van der Waals surface area (Å²) >= 11 is 0. The second-order valence-corrected chi connectivity index (χ2v) is 3.03. The molecule has 3 heteroatoms. The maximum atomic E-state index is 10.0. The molecule has 0 aromatic heterocycles. The fourth-order valence-corrected chi connectivity index (χ4v) is 0.829. The first kappa shape index (κ1) is 13.8. The van der Waals surface area contributed by atoms with E-state index in [-0.39, 0.29) is 25.9 Å². The Hall–Kier alpha value is 0.236. The summed E-state index contributed by atoms with van der Waals surface area (Å²) in [7, 11) is 0. The average molecular weight is 171 g/mol. The third-order valence-electron chi connectivity index (χ3n) is 1.42. The Balaban J connectivity index is -0.000000135. The summed E-state index contributed by atoms with van der Waals surface area (Å²) < 4.78 is 0. The Morgan fingerprint density at radius 1 is 1.45 bits per heavy atom. The van der Waals surface area contributed by atoms with Crippen LogP contribution in [0.2, 0.25) is 0 Å². The van der Waals surface area contributed by atoms with Gasteiger partial charge in [-0.2, -0.15) is 0 Å². The van der Waals surface area contributed by atoms with Crippen molar-refractivity contribution in [3.05, 3.63) is 0 Å². The van der Waals surface area contributed by atoms with Crippen LogP contribution in [-0.4, -0.2) is 34.1 Å². The second kappa shape index (κ2) is 8.33. The van der Waals surface area contributed by atoms with Crippen LogP contribution in [0, 0.1) is 5.92 Å². The van der Waals surface area contributed by atoms with Gasteiger partial charge < -0.3 is 7.96 Å². The molecule has 0 spiro atoms. The zero-order valence-corrected chi connectivity index (χ0v) is 8.88. The molecule has 0 saturated heterocycles. The van der Waals surface area contributed by atoms with Crippen molar-refractivity contribution >= 4 is 29.0 Å². The summed E-state index contributed by atoms with van der Waals surface area (Å²) in [5.41, 5.74) is 0. The fourth-order valence-electron chi connectivity index (χ4n) is 0.829. The van der Waals surface area contributed by atoms with Gasteiger partial charge in [0, 0.05) is 6.42 Å². The first-order valence-electron chi connectivity index (χ1n) is 3.84. The minimum atomic E-state index is -0.677. The predicted molar refractivity (Wildman–Crippen MR) is 48.9 cm³/mol. The molecule has 0 amide bonds. The van der Waals surface area contributed by atoms with Crippen LogP contribution < -0.4 is 0 Å². The molecule has 0 atom stereocenters. The minimum Gasteiger partial charge on any atom is -1.00 e. The van der Waals surface area contributed by atoms with Crippen LogP contribution in [0.3, 0.4) is 0 Å². The van der Waals surface area contributed by atoms with Gasteiger partial charge in [-0.25, -0.2) is 0 Å². The van der Waals surface area contributed by atoms with Gasteiger partial charge in [-0.15, -0.1) is 0 Å². The van der Waals surface area contributed by atoms with Gasteiger partial charge in [0.05, 0.1) is 0 Å². The molecular formula is C8H18MgO2. The Kier molecular flexibility index (Phi) is 10.5. The van der Waals surface area contributed by atoms with Crippen molar-refractivity contribution in [3.8, 4) is 0 Å². The largest absolute Gasteiger partial charge is 2.00 e. The van der Waals surface area contributed by atoms with Crippen LogP contribution in [-0.2, 0) is 4.79 Å². The van der Waals surface area contributed by atoms with Crippen molar-refractivity contribution in [2.75, 3.05) is 0 Å². The zero-order valence-electron chi connectivity index (χ0n) is 9.47. The molecule has 0 radical (unpaired) electrons. The zero-order chi connectivity index (χ0) is 7.98. The standard InChI is InChI=1S/C8H16O2.Mg.2H/c1-7(2)5-3-4-6-8(9)10;;;/h7H,3-6H2,1-2H3,(H,9,10);;;/q;+2;2*-1. The van der Waals surface area contributed by atoms with Gasteiger partial charge in [0.15, 0.2) is 0 Å². The summed E-state index contributed by atoms with van der Waals surface area (Å²) in [6.45, 7) is 4.31. The van der Waals surface area contributed by atoms with E-state index in [4.69, 9.17) is 5.11 Å². The van der Waals surface area contributed by atoms with Crippen molar-refractivity contribution in [1.82, 2.24) is 0 Å². The van der Waals surface area contributed by atoms with E-state index in [1.54, 1.807) is 0 Å². The quantitative estimate of drug-likeness (QED) is 0.507. The van der Waals surface area contributed by atoms with Crippen LogP contribution in [0.1, 0.15) is 42.4 Å². The van der Waals surface area contributed by atoms with E-state index in [1.165, 1.54) is 0 Å². The molecule has 0 saturated carbocycles. The van der Waals surface area contributed by atoms with E-state index in [9.17, 15) is 4.79 Å². The fraction of sp³-hybridized carbons (Fsp3) is 0.875. The summed E-state index contributed by atoms with van der Waals surface area (Å²) in [4.78, 5) is 10.0. The van der Waals surface area contributed by atoms with Crippen LogP contribution in [0.5, 0.6) is 0 Å². The van der Waals surface area contributed by atoms with Crippen molar-refractivity contribution < 1.29 is 12.8 Å². The molecule has 0 fully saturated rings. The van der Waals surface area contributed by atoms with Gasteiger partial charge >= 0.3 is 29.0 Å². The number of carboxylic acids is 1. The van der Waals surface area contributed by atoms with Crippen molar-refractivity contribution in [2.24, 2.45) is 5.92 Å². The number of carboxylic acid groups (broad SMARTS) is 1. The van der Waals surface area contributed by atoms with Gasteiger partial charge in [-0.1, -0.05) is 26.7 Å². The Bertz CT molecular complexity index is 110. The molecule has 0 aliphatic rings. The first-order chi connectivity index (χ1) is 4.63. The number of aliphatic carboxylic acids is 1. The van der Waals surface area contributed by atoms with Gasteiger partial charge in [0.1, 0.15) is 0 Å². The van der Waals surface area contributed by atoms with Crippen LogP contribution >= 0.6 is 0 Å². The van der Waals surface area contributed by atoms with E-state index in [2.05, 4.69) is 13.8 Å². The van der Waals surface area contributed by atoms with Gasteiger partial charge in [-0.3, -0.25) is 4.79 Å². The molecule has 0 rings (SSSR count). The topological polar surface area (TPSA) is 37.3 Å². The second-order valence-electron chi connectivity index (χ2n) is 3.03. The summed E-state index contributed by atoms with van der Waals surface area (Å²) in [5, 5.41) is 8.28. The SMILES string of the molecule is CC(C)CCCCC(=O)O.[H-].[H-].[Mg+2]. The van der Waals surface area contributed by atoms with Gasteiger partial charge in [0.25, 0.3) is 0 Å².